The molecule has 0 aliphatic rings. The third kappa shape index (κ3) is 6.80. The molecule has 0 spiro atoms. The number of halogens is 1. The van der Waals surface area contributed by atoms with E-state index in [1.165, 1.54) is 20.3 Å². The zero-order valence-corrected chi connectivity index (χ0v) is 15.5. The first-order chi connectivity index (χ1) is 13.0. The van der Waals surface area contributed by atoms with Crippen molar-refractivity contribution in [3.63, 3.8) is 0 Å². The molecular formula is C20H25FN2O4. The van der Waals surface area contributed by atoms with Gasteiger partial charge in [0.2, 0.25) is 0 Å². The van der Waals surface area contributed by atoms with E-state index in [0.29, 0.717) is 30.6 Å². The molecule has 0 bridgehead atoms. The topological polar surface area (TPSA) is 105 Å². The summed E-state index contributed by atoms with van der Waals surface area (Å²) >= 11 is 0. The van der Waals surface area contributed by atoms with Crippen LogP contribution in [-0.2, 0) is 22.3 Å². The zero-order valence-electron chi connectivity index (χ0n) is 15.5. The SMILES string of the molecule is COC(=O)c1ccc(CCN)cc1.COC(=O)c1cccc(CCN)c1F. The van der Waals surface area contributed by atoms with Gasteiger partial charge in [-0.1, -0.05) is 24.3 Å². The van der Waals surface area contributed by atoms with Crippen LogP contribution in [0.4, 0.5) is 4.39 Å². The molecule has 0 aliphatic heterocycles. The number of nitrogens with two attached hydrogens (primary N) is 2. The van der Waals surface area contributed by atoms with Crippen LogP contribution in [0.5, 0.6) is 0 Å². The Balaban J connectivity index is 0.000000271. The quantitative estimate of drug-likeness (QED) is 0.748. The largest absolute Gasteiger partial charge is 0.465 e. The monoisotopic (exact) mass is 376 g/mol. The molecule has 4 N–H and O–H groups in total. The minimum absolute atomic E-state index is 0.0431. The first-order valence-electron chi connectivity index (χ1n) is 8.41. The van der Waals surface area contributed by atoms with E-state index in [9.17, 15) is 14.0 Å². The lowest BCUT2D eigenvalue weighted by atomic mass is 10.1. The van der Waals surface area contributed by atoms with Gasteiger partial charge in [-0.05, 0) is 55.3 Å². The Labute approximate surface area is 158 Å². The van der Waals surface area contributed by atoms with E-state index in [4.69, 9.17) is 11.5 Å². The van der Waals surface area contributed by atoms with E-state index < -0.39 is 11.8 Å². The maximum Gasteiger partial charge on any atom is 0.340 e. The smallest absolute Gasteiger partial charge is 0.340 e. The normalized spacial score (nSPS) is 9.81. The van der Waals surface area contributed by atoms with Gasteiger partial charge in [-0.15, -0.1) is 0 Å². The standard InChI is InChI=1S/C10H12FNO2.C10H13NO2/c1-14-10(13)8-4-2-3-7(5-6-12)9(8)11;1-13-10(12)9-4-2-8(3-5-9)6-7-11/h2-4H,5-6,12H2,1H3;2-5H,6-7,11H2,1H3. The summed E-state index contributed by atoms with van der Waals surface area (Å²) in [4.78, 5) is 22.1. The fraction of sp³-hybridized carbons (Fsp3) is 0.300. The van der Waals surface area contributed by atoms with Crippen LogP contribution in [0.15, 0.2) is 42.5 Å². The Bertz CT molecular complexity index is 748. The molecule has 6 nitrogen and oxygen atoms in total. The summed E-state index contributed by atoms with van der Waals surface area (Å²) in [5, 5.41) is 0. The molecule has 27 heavy (non-hydrogen) atoms. The predicted octanol–water partition coefficient (Wildman–Crippen LogP) is 2.09. The molecule has 0 amide bonds. The Kier molecular flexibility index (Phi) is 9.71. The lowest BCUT2D eigenvalue weighted by Gasteiger charge is -2.05. The van der Waals surface area contributed by atoms with Gasteiger partial charge in [0, 0.05) is 0 Å². The number of carbonyl (C=O) groups is 2. The van der Waals surface area contributed by atoms with Gasteiger partial charge in [0.05, 0.1) is 25.3 Å². The predicted molar refractivity (Wildman–Crippen MR) is 101 cm³/mol. The summed E-state index contributed by atoms with van der Waals surface area (Å²) in [6, 6.07) is 11.9. The van der Waals surface area contributed by atoms with Crippen LogP contribution >= 0.6 is 0 Å². The minimum Gasteiger partial charge on any atom is -0.465 e. The van der Waals surface area contributed by atoms with Crippen molar-refractivity contribution in [2.75, 3.05) is 27.3 Å². The van der Waals surface area contributed by atoms with Gasteiger partial charge < -0.3 is 20.9 Å². The molecule has 0 atom stereocenters. The zero-order chi connectivity index (χ0) is 20.2. The maximum atomic E-state index is 13.5. The summed E-state index contributed by atoms with van der Waals surface area (Å²) in [6.07, 6.45) is 1.25. The highest BCUT2D eigenvalue weighted by Gasteiger charge is 2.14. The second-order valence-electron chi connectivity index (χ2n) is 5.54. The van der Waals surface area contributed by atoms with Crippen LogP contribution in [0.25, 0.3) is 0 Å². The first-order valence-corrected chi connectivity index (χ1v) is 8.41. The average Bonchev–Trinajstić information content (AvgIpc) is 2.70. The Hall–Kier alpha value is -2.77. The van der Waals surface area contributed by atoms with Gasteiger partial charge in [0.15, 0.2) is 0 Å². The Morgan fingerprint density at radius 2 is 1.48 bits per heavy atom. The van der Waals surface area contributed by atoms with Crippen molar-refractivity contribution in [3.8, 4) is 0 Å². The van der Waals surface area contributed by atoms with Crippen molar-refractivity contribution in [1.29, 1.82) is 0 Å². The maximum absolute atomic E-state index is 13.5. The third-order valence-electron chi connectivity index (χ3n) is 3.71. The van der Waals surface area contributed by atoms with Crippen LogP contribution in [0.3, 0.4) is 0 Å². The van der Waals surface area contributed by atoms with Crippen LogP contribution < -0.4 is 11.5 Å². The number of esters is 2. The highest BCUT2D eigenvalue weighted by Crippen LogP contribution is 2.14. The van der Waals surface area contributed by atoms with Gasteiger partial charge in [-0.2, -0.15) is 0 Å². The van der Waals surface area contributed by atoms with Gasteiger partial charge in [0.25, 0.3) is 0 Å². The molecule has 2 aromatic carbocycles. The third-order valence-corrected chi connectivity index (χ3v) is 3.71. The molecule has 7 heteroatoms. The molecule has 0 saturated carbocycles. The van der Waals surface area contributed by atoms with Crippen LogP contribution in [0.2, 0.25) is 0 Å². The second-order valence-corrected chi connectivity index (χ2v) is 5.54. The van der Waals surface area contributed by atoms with Crippen molar-refractivity contribution in [2.24, 2.45) is 11.5 Å². The van der Waals surface area contributed by atoms with Crippen molar-refractivity contribution in [3.05, 3.63) is 70.5 Å². The second kappa shape index (κ2) is 11.8. The highest BCUT2D eigenvalue weighted by atomic mass is 19.1. The van der Waals surface area contributed by atoms with E-state index in [1.807, 2.05) is 12.1 Å². The fourth-order valence-electron chi connectivity index (χ4n) is 2.29. The van der Waals surface area contributed by atoms with E-state index in [2.05, 4.69) is 9.47 Å². The summed E-state index contributed by atoms with van der Waals surface area (Å²) in [5.74, 6) is -1.51. The van der Waals surface area contributed by atoms with Crippen LogP contribution in [-0.4, -0.2) is 39.2 Å². The molecule has 2 aromatic rings. The van der Waals surface area contributed by atoms with E-state index >= 15 is 0 Å². The molecule has 0 saturated heterocycles. The number of rotatable bonds is 6. The first kappa shape index (κ1) is 22.3. The summed E-state index contributed by atoms with van der Waals surface area (Å²) in [5.41, 5.74) is 12.8. The van der Waals surface area contributed by atoms with Crippen molar-refractivity contribution < 1.29 is 23.5 Å². The summed E-state index contributed by atoms with van der Waals surface area (Å²) in [6.45, 7) is 0.971. The number of carbonyl (C=O) groups excluding carboxylic acids is 2. The Morgan fingerprint density at radius 3 is 2.00 bits per heavy atom. The van der Waals surface area contributed by atoms with Gasteiger partial charge in [-0.3, -0.25) is 0 Å². The average molecular weight is 376 g/mol. The summed E-state index contributed by atoms with van der Waals surface area (Å²) in [7, 11) is 2.59. The number of hydrogen-bond donors (Lipinski definition) is 2. The summed E-state index contributed by atoms with van der Waals surface area (Å²) < 4.78 is 22.6. The molecule has 2 rings (SSSR count). The molecule has 0 aromatic heterocycles. The van der Waals surface area contributed by atoms with Gasteiger partial charge >= 0.3 is 11.9 Å². The number of methoxy groups -OCH3 is 2. The van der Waals surface area contributed by atoms with E-state index in [1.54, 1.807) is 24.3 Å². The molecule has 0 radical (unpaired) electrons. The van der Waals surface area contributed by atoms with E-state index in [0.717, 1.165) is 12.0 Å². The lowest BCUT2D eigenvalue weighted by molar-refractivity contribution is 0.0588. The van der Waals surface area contributed by atoms with Crippen molar-refractivity contribution in [2.45, 2.75) is 12.8 Å². The van der Waals surface area contributed by atoms with Crippen molar-refractivity contribution >= 4 is 11.9 Å². The number of ether oxygens (including phenoxy) is 2. The lowest BCUT2D eigenvalue weighted by Crippen LogP contribution is -2.09. The van der Waals surface area contributed by atoms with Crippen molar-refractivity contribution in [1.82, 2.24) is 0 Å². The minimum atomic E-state index is -0.665. The van der Waals surface area contributed by atoms with Gasteiger partial charge in [-0.25, -0.2) is 14.0 Å². The van der Waals surface area contributed by atoms with E-state index in [-0.39, 0.29) is 11.5 Å². The molecule has 0 fully saturated rings. The molecule has 0 unspecified atom stereocenters. The molecular weight excluding hydrogens is 351 g/mol. The fourth-order valence-corrected chi connectivity index (χ4v) is 2.29. The molecule has 0 aliphatic carbocycles. The van der Waals surface area contributed by atoms with Gasteiger partial charge in [0.1, 0.15) is 5.82 Å². The molecule has 0 heterocycles. The van der Waals surface area contributed by atoms with Crippen LogP contribution in [0.1, 0.15) is 31.8 Å². The highest BCUT2D eigenvalue weighted by molar-refractivity contribution is 5.90. The molecule has 146 valence electrons. The number of hydrogen-bond acceptors (Lipinski definition) is 6. The Morgan fingerprint density at radius 1 is 0.889 bits per heavy atom. The van der Waals surface area contributed by atoms with Crippen LogP contribution in [0, 0.1) is 5.82 Å². The number of benzene rings is 2.